The van der Waals surface area contributed by atoms with E-state index in [9.17, 15) is 0 Å². The molecule has 0 amide bonds. The van der Waals surface area contributed by atoms with Crippen LogP contribution in [0.3, 0.4) is 0 Å². The predicted molar refractivity (Wildman–Crippen MR) is 60.9 cm³/mol. The Morgan fingerprint density at radius 2 is 2.33 bits per heavy atom. The van der Waals surface area contributed by atoms with Crippen LogP contribution in [0.5, 0.6) is 0 Å². The van der Waals surface area contributed by atoms with Crippen molar-refractivity contribution in [2.45, 2.75) is 20.0 Å². The van der Waals surface area contributed by atoms with Gasteiger partial charge in [-0.3, -0.25) is 0 Å². The fourth-order valence-corrected chi connectivity index (χ4v) is 2.12. The van der Waals surface area contributed by atoms with Gasteiger partial charge in [-0.05, 0) is 14.0 Å². The molecule has 0 aliphatic carbocycles. The lowest BCUT2D eigenvalue weighted by atomic mass is 10.4. The lowest BCUT2D eigenvalue weighted by Gasteiger charge is -2.07. The van der Waals surface area contributed by atoms with Crippen LogP contribution in [-0.2, 0) is 13.1 Å². The summed E-state index contributed by atoms with van der Waals surface area (Å²) in [7, 11) is 1.94. The molecule has 4 nitrogen and oxygen atoms in total. The summed E-state index contributed by atoms with van der Waals surface area (Å²) >= 11 is 1.68. The van der Waals surface area contributed by atoms with E-state index in [1.807, 2.05) is 31.7 Å². The lowest BCUT2D eigenvalue weighted by molar-refractivity contribution is 0.674. The van der Waals surface area contributed by atoms with Crippen LogP contribution in [0.25, 0.3) is 0 Å². The minimum atomic E-state index is 0.820. The van der Waals surface area contributed by atoms with E-state index in [4.69, 9.17) is 0 Å². The molecule has 0 saturated carbocycles. The highest BCUT2D eigenvalue weighted by molar-refractivity contribution is 7.09. The largest absolute Gasteiger partial charge is 0.324 e. The van der Waals surface area contributed by atoms with Crippen molar-refractivity contribution < 1.29 is 0 Å². The summed E-state index contributed by atoms with van der Waals surface area (Å²) in [5.74, 6) is 1.04. The van der Waals surface area contributed by atoms with Crippen molar-refractivity contribution in [3.63, 3.8) is 0 Å². The Kier molecular flexibility index (Phi) is 3.13. The van der Waals surface area contributed by atoms with Gasteiger partial charge in [0.1, 0.15) is 10.8 Å². The monoisotopic (exact) mass is 222 g/mol. The van der Waals surface area contributed by atoms with Crippen LogP contribution < -0.4 is 5.32 Å². The summed E-state index contributed by atoms with van der Waals surface area (Å²) in [6.45, 7) is 3.68. The second kappa shape index (κ2) is 4.55. The molecule has 0 unspecified atom stereocenters. The Balaban J connectivity index is 2.22. The molecule has 2 heterocycles. The lowest BCUT2D eigenvalue weighted by Crippen LogP contribution is -2.12. The van der Waals surface area contributed by atoms with Crippen molar-refractivity contribution in [2.24, 2.45) is 0 Å². The highest BCUT2D eigenvalue weighted by Gasteiger charge is 2.07. The first kappa shape index (κ1) is 10.3. The van der Waals surface area contributed by atoms with Gasteiger partial charge in [0.2, 0.25) is 0 Å². The number of aromatic nitrogens is 3. The van der Waals surface area contributed by atoms with Crippen LogP contribution in [0.2, 0.25) is 0 Å². The van der Waals surface area contributed by atoms with E-state index < -0.39 is 0 Å². The van der Waals surface area contributed by atoms with E-state index in [0.717, 1.165) is 23.9 Å². The standard InChI is InChI=1S/C10H14N4S/c1-8-13-6-9(5-11-2)14(8)7-10-12-3-4-15-10/h3-4,6,11H,5,7H2,1-2H3. The number of aryl methyl sites for hydroxylation is 1. The van der Waals surface area contributed by atoms with Gasteiger partial charge in [-0.2, -0.15) is 0 Å². The van der Waals surface area contributed by atoms with Crippen molar-refractivity contribution in [1.29, 1.82) is 0 Å². The molecule has 5 heteroatoms. The van der Waals surface area contributed by atoms with Gasteiger partial charge in [-0.15, -0.1) is 11.3 Å². The van der Waals surface area contributed by atoms with Gasteiger partial charge in [0.25, 0.3) is 0 Å². The van der Waals surface area contributed by atoms with E-state index >= 15 is 0 Å². The van der Waals surface area contributed by atoms with Crippen molar-refractivity contribution in [3.8, 4) is 0 Å². The fourth-order valence-electron chi connectivity index (χ4n) is 1.52. The minimum absolute atomic E-state index is 0.820. The van der Waals surface area contributed by atoms with E-state index in [1.165, 1.54) is 5.69 Å². The molecule has 0 saturated heterocycles. The first-order valence-electron chi connectivity index (χ1n) is 4.85. The maximum atomic E-state index is 4.32. The molecule has 0 aliphatic rings. The van der Waals surface area contributed by atoms with Gasteiger partial charge in [0.15, 0.2) is 0 Å². The Hall–Kier alpha value is -1.20. The smallest absolute Gasteiger partial charge is 0.112 e. The molecule has 15 heavy (non-hydrogen) atoms. The van der Waals surface area contributed by atoms with E-state index in [0.29, 0.717) is 0 Å². The van der Waals surface area contributed by atoms with Crippen molar-refractivity contribution in [3.05, 3.63) is 34.3 Å². The summed E-state index contributed by atoms with van der Waals surface area (Å²) in [4.78, 5) is 8.60. The second-order valence-corrected chi connectivity index (χ2v) is 4.32. The molecule has 2 aromatic heterocycles. The fraction of sp³-hybridized carbons (Fsp3) is 0.400. The van der Waals surface area contributed by atoms with E-state index in [1.54, 1.807) is 11.3 Å². The van der Waals surface area contributed by atoms with Crippen LogP contribution in [-0.4, -0.2) is 21.6 Å². The zero-order valence-electron chi connectivity index (χ0n) is 8.90. The number of rotatable bonds is 4. The van der Waals surface area contributed by atoms with Gasteiger partial charge in [-0.25, -0.2) is 9.97 Å². The molecule has 0 spiro atoms. The summed E-state index contributed by atoms with van der Waals surface area (Å²) in [6, 6.07) is 0. The average molecular weight is 222 g/mol. The van der Waals surface area contributed by atoms with Crippen LogP contribution in [0.15, 0.2) is 17.8 Å². The summed E-state index contributed by atoms with van der Waals surface area (Å²) < 4.78 is 2.19. The molecular weight excluding hydrogens is 208 g/mol. The van der Waals surface area contributed by atoms with Crippen LogP contribution in [0.1, 0.15) is 16.5 Å². The third kappa shape index (κ3) is 2.24. The first-order chi connectivity index (χ1) is 7.31. The Labute approximate surface area is 93.0 Å². The number of imidazole rings is 1. The third-order valence-corrected chi connectivity index (χ3v) is 3.04. The Bertz CT molecular complexity index is 419. The van der Waals surface area contributed by atoms with Crippen LogP contribution >= 0.6 is 11.3 Å². The van der Waals surface area contributed by atoms with Crippen molar-refractivity contribution in [1.82, 2.24) is 19.9 Å². The molecule has 0 aromatic carbocycles. The van der Waals surface area contributed by atoms with Crippen LogP contribution in [0.4, 0.5) is 0 Å². The topological polar surface area (TPSA) is 42.7 Å². The highest BCUT2D eigenvalue weighted by Crippen LogP contribution is 2.11. The molecule has 0 fully saturated rings. The average Bonchev–Trinajstić information content (AvgIpc) is 2.83. The molecule has 0 radical (unpaired) electrons. The number of nitrogens with zero attached hydrogens (tertiary/aromatic N) is 3. The zero-order chi connectivity index (χ0) is 10.7. The first-order valence-corrected chi connectivity index (χ1v) is 5.73. The molecule has 0 bridgehead atoms. The van der Waals surface area contributed by atoms with Gasteiger partial charge in [0, 0.05) is 24.3 Å². The summed E-state index contributed by atoms with van der Waals surface area (Å²) in [5, 5.41) is 6.26. The van der Waals surface area contributed by atoms with Gasteiger partial charge < -0.3 is 9.88 Å². The SMILES string of the molecule is CNCc1cnc(C)n1Cc1nccs1. The highest BCUT2D eigenvalue weighted by atomic mass is 32.1. The van der Waals surface area contributed by atoms with E-state index in [-0.39, 0.29) is 0 Å². The maximum absolute atomic E-state index is 4.32. The Morgan fingerprint density at radius 3 is 3.00 bits per heavy atom. The Morgan fingerprint density at radius 1 is 1.47 bits per heavy atom. The van der Waals surface area contributed by atoms with Gasteiger partial charge >= 0.3 is 0 Å². The molecule has 1 N–H and O–H groups in total. The molecule has 2 aromatic rings. The minimum Gasteiger partial charge on any atom is -0.324 e. The molecule has 2 rings (SSSR count). The maximum Gasteiger partial charge on any atom is 0.112 e. The molecular formula is C10H14N4S. The van der Waals surface area contributed by atoms with Gasteiger partial charge in [0.05, 0.1) is 12.2 Å². The number of thiazole rings is 1. The predicted octanol–water partition coefficient (Wildman–Crippen LogP) is 1.42. The van der Waals surface area contributed by atoms with Crippen molar-refractivity contribution in [2.75, 3.05) is 7.05 Å². The van der Waals surface area contributed by atoms with Crippen LogP contribution in [0, 0.1) is 6.92 Å². The number of nitrogens with one attached hydrogen (secondary N) is 1. The second-order valence-electron chi connectivity index (χ2n) is 3.34. The van der Waals surface area contributed by atoms with E-state index in [2.05, 4.69) is 19.9 Å². The summed E-state index contributed by atoms with van der Waals surface area (Å²) in [5.41, 5.74) is 1.20. The normalized spacial score (nSPS) is 10.8. The molecule has 0 aliphatic heterocycles. The zero-order valence-corrected chi connectivity index (χ0v) is 9.71. The number of hydrogen-bond acceptors (Lipinski definition) is 4. The molecule has 0 atom stereocenters. The van der Waals surface area contributed by atoms with Gasteiger partial charge in [-0.1, -0.05) is 0 Å². The quantitative estimate of drug-likeness (QED) is 0.850. The number of hydrogen-bond donors (Lipinski definition) is 1. The summed E-state index contributed by atoms with van der Waals surface area (Å²) in [6.07, 6.45) is 3.75. The van der Waals surface area contributed by atoms with Crippen molar-refractivity contribution >= 4 is 11.3 Å². The third-order valence-electron chi connectivity index (χ3n) is 2.27. The molecule has 80 valence electrons.